The molecule has 1 fully saturated rings. The number of hydrogen-bond acceptors (Lipinski definition) is 6. The standard InChI is InChI=1S/C10H14N4O2/c1-16-9(15)7-3-2-6-14(7)8-4-5-12-10(11)13-8/h4-5,7H,2-3,6H2,1H3,(H2,11,12,13)/t7-/m0/s1. The van der Waals surface area contributed by atoms with Crippen molar-refractivity contribution in [3.8, 4) is 0 Å². The summed E-state index contributed by atoms with van der Waals surface area (Å²) in [6.07, 6.45) is 3.32. The zero-order chi connectivity index (χ0) is 11.5. The van der Waals surface area contributed by atoms with Crippen molar-refractivity contribution in [2.45, 2.75) is 18.9 Å². The van der Waals surface area contributed by atoms with E-state index >= 15 is 0 Å². The van der Waals surface area contributed by atoms with Crippen molar-refractivity contribution in [2.75, 3.05) is 24.3 Å². The van der Waals surface area contributed by atoms with Crippen molar-refractivity contribution < 1.29 is 9.53 Å². The lowest BCUT2D eigenvalue weighted by Crippen LogP contribution is -2.37. The number of hydrogen-bond donors (Lipinski definition) is 1. The lowest BCUT2D eigenvalue weighted by atomic mass is 10.2. The van der Waals surface area contributed by atoms with E-state index in [2.05, 4.69) is 9.97 Å². The van der Waals surface area contributed by atoms with Gasteiger partial charge in [0.25, 0.3) is 0 Å². The fourth-order valence-corrected chi connectivity index (χ4v) is 1.95. The second kappa shape index (κ2) is 4.34. The van der Waals surface area contributed by atoms with Gasteiger partial charge in [0, 0.05) is 12.7 Å². The normalized spacial score (nSPS) is 19.8. The van der Waals surface area contributed by atoms with Gasteiger partial charge >= 0.3 is 5.97 Å². The first-order valence-electron chi connectivity index (χ1n) is 5.15. The van der Waals surface area contributed by atoms with Crippen LogP contribution in [0.2, 0.25) is 0 Å². The van der Waals surface area contributed by atoms with Crippen molar-refractivity contribution in [2.24, 2.45) is 0 Å². The highest BCUT2D eigenvalue weighted by Crippen LogP contribution is 2.24. The molecule has 86 valence electrons. The Morgan fingerprint density at radius 2 is 2.50 bits per heavy atom. The monoisotopic (exact) mass is 222 g/mol. The first kappa shape index (κ1) is 10.7. The highest BCUT2D eigenvalue weighted by atomic mass is 16.5. The zero-order valence-electron chi connectivity index (χ0n) is 9.09. The maximum atomic E-state index is 11.5. The van der Waals surface area contributed by atoms with Crippen LogP contribution in [0.3, 0.4) is 0 Å². The van der Waals surface area contributed by atoms with Crippen LogP contribution in [0.25, 0.3) is 0 Å². The maximum absolute atomic E-state index is 11.5. The van der Waals surface area contributed by atoms with Gasteiger partial charge in [-0.05, 0) is 18.9 Å². The van der Waals surface area contributed by atoms with Gasteiger partial charge < -0.3 is 15.4 Å². The van der Waals surface area contributed by atoms with E-state index in [1.165, 1.54) is 7.11 Å². The van der Waals surface area contributed by atoms with Crippen LogP contribution in [-0.4, -0.2) is 35.6 Å². The molecule has 0 saturated carbocycles. The number of carbonyl (C=O) groups excluding carboxylic acids is 1. The van der Waals surface area contributed by atoms with Crippen LogP contribution in [0.1, 0.15) is 12.8 Å². The number of nitrogen functional groups attached to an aromatic ring is 1. The number of ether oxygens (including phenoxy) is 1. The van der Waals surface area contributed by atoms with Crippen LogP contribution >= 0.6 is 0 Å². The molecule has 6 heteroatoms. The van der Waals surface area contributed by atoms with E-state index in [1.807, 2.05) is 4.90 Å². The first-order valence-corrected chi connectivity index (χ1v) is 5.15. The van der Waals surface area contributed by atoms with Gasteiger partial charge in [-0.2, -0.15) is 4.98 Å². The van der Waals surface area contributed by atoms with Crippen LogP contribution in [0, 0.1) is 0 Å². The van der Waals surface area contributed by atoms with E-state index in [9.17, 15) is 4.79 Å². The molecule has 1 saturated heterocycles. The Labute approximate surface area is 93.4 Å². The predicted molar refractivity (Wildman–Crippen MR) is 58.8 cm³/mol. The number of rotatable bonds is 2. The molecule has 2 rings (SSSR count). The Bertz CT molecular complexity index is 396. The molecule has 1 aliphatic heterocycles. The molecular weight excluding hydrogens is 208 g/mol. The van der Waals surface area contributed by atoms with Crippen molar-refractivity contribution in [3.05, 3.63) is 12.3 Å². The Balaban J connectivity index is 2.23. The largest absolute Gasteiger partial charge is 0.467 e. The fourth-order valence-electron chi connectivity index (χ4n) is 1.95. The van der Waals surface area contributed by atoms with Crippen LogP contribution in [0.5, 0.6) is 0 Å². The van der Waals surface area contributed by atoms with Crippen LogP contribution in [0.15, 0.2) is 12.3 Å². The predicted octanol–water partition coefficient (Wildman–Crippen LogP) is 0.201. The second-order valence-corrected chi connectivity index (χ2v) is 3.65. The summed E-state index contributed by atoms with van der Waals surface area (Å²) < 4.78 is 4.76. The van der Waals surface area contributed by atoms with E-state index in [0.717, 1.165) is 19.4 Å². The summed E-state index contributed by atoms with van der Waals surface area (Å²) in [6, 6.07) is 1.50. The van der Waals surface area contributed by atoms with Crippen LogP contribution < -0.4 is 10.6 Å². The molecule has 0 aliphatic carbocycles. The third-order valence-electron chi connectivity index (χ3n) is 2.68. The van der Waals surface area contributed by atoms with Crippen LogP contribution in [-0.2, 0) is 9.53 Å². The quantitative estimate of drug-likeness (QED) is 0.720. The minimum Gasteiger partial charge on any atom is -0.467 e. The van der Waals surface area contributed by atoms with E-state index in [4.69, 9.17) is 10.5 Å². The smallest absolute Gasteiger partial charge is 0.328 e. The van der Waals surface area contributed by atoms with Crippen molar-refractivity contribution in [1.82, 2.24) is 9.97 Å². The number of nitrogens with two attached hydrogens (primary N) is 1. The molecule has 0 amide bonds. The average Bonchev–Trinajstić information content (AvgIpc) is 2.77. The average molecular weight is 222 g/mol. The maximum Gasteiger partial charge on any atom is 0.328 e. The topological polar surface area (TPSA) is 81.3 Å². The summed E-state index contributed by atoms with van der Waals surface area (Å²) in [5, 5.41) is 0. The summed E-state index contributed by atoms with van der Waals surface area (Å²) >= 11 is 0. The lowest BCUT2D eigenvalue weighted by Gasteiger charge is -2.23. The molecule has 2 N–H and O–H groups in total. The van der Waals surface area contributed by atoms with Crippen LogP contribution in [0.4, 0.5) is 11.8 Å². The van der Waals surface area contributed by atoms with Gasteiger partial charge in [-0.15, -0.1) is 0 Å². The lowest BCUT2D eigenvalue weighted by molar-refractivity contribution is -0.141. The number of esters is 1. The van der Waals surface area contributed by atoms with E-state index in [1.54, 1.807) is 12.3 Å². The molecule has 2 heterocycles. The van der Waals surface area contributed by atoms with E-state index < -0.39 is 0 Å². The number of aromatic nitrogens is 2. The van der Waals surface area contributed by atoms with Crippen molar-refractivity contribution >= 4 is 17.7 Å². The molecule has 0 unspecified atom stereocenters. The summed E-state index contributed by atoms with van der Waals surface area (Å²) in [7, 11) is 1.40. The highest BCUT2D eigenvalue weighted by Gasteiger charge is 2.32. The van der Waals surface area contributed by atoms with E-state index in [0.29, 0.717) is 5.82 Å². The summed E-state index contributed by atoms with van der Waals surface area (Å²) in [5.74, 6) is 0.670. The second-order valence-electron chi connectivity index (χ2n) is 3.65. The molecule has 6 nitrogen and oxygen atoms in total. The molecule has 1 aromatic heterocycles. The van der Waals surface area contributed by atoms with Gasteiger partial charge in [-0.25, -0.2) is 9.78 Å². The number of carbonyl (C=O) groups is 1. The Hall–Kier alpha value is -1.85. The summed E-state index contributed by atoms with van der Waals surface area (Å²) in [5.41, 5.74) is 5.52. The Kier molecular flexibility index (Phi) is 2.89. The van der Waals surface area contributed by atoms with Gasteiger partial charge in [-0.3, -0.25) is 0 Å². The third-order valence-corrected chi connectivity index (χ3v) is 2.68. The van der Waals surface area contributed by atoms with Crippen molar-refractivity contribution in [1.29, 1.82) is 0 Å². The zero-order valence-corrected chi connectivity index (χ0v) is 9.09. The molecule has 16 heavy (non-hydrogen) atoms. The molecule has 0 bridgehead atoms. The van der Waals surface area contributed by atoms with Gasteiger partial charge in [0.2, 0.25) is 5.95 Å². The van der Waals surface area contributed by atoms with Crippen molar-refractivity contribution in [3.63, 3.8) is 0 Å². The summed E-state index contributed by atoms with van der Waals surface area (Å²) in [6.45, 7) is 0.788. The number of methoxy groups -OCH3 is 1. The SMILES string of the molecule is COC(=O)[C@@H]1CCCN1c1ccnc(N)n1. The molecule has 1 aromatic rings. The highest BCUT2D eigenvalue weighted by molar-refractivity contribution is 5.80. The molecule has 0 spiro atoms. The van der Waals surface area contributed by atoms with Gasteiger partial charge in [0.05, 0.1) is 7.11 Å². The minimum atomic E-state index is -0.251. The molecule has 1 atom stereocenters. The minimum absolute atomic E-state index is 0.216. The number of anilines is 2. The summed E-state index contributed by atoms with van der Waals surface area (Å²) in [4.78, 5) is 21.4. The molecule has 0 aromatic carbocycles. The van der Waals surface area contributed by atoms with Gasteiger partial charge in [-0.1, -0.05) is 0 Å². The van der Waals surface area contributed by atoms with E-state index in [-0.39, 0.29) is 18.0 Å². The molecule has 1 aliphatic rings. The Morgan fingerprint density at radius 3 is 3.19 bits per heavy atom. The fraction of sp³-hybridized carbons (Fsp3) is 0.500. The Morgan fingerprint density at radius 1 is 1.69 bits per heavy atom. The van der Waals surface area contributed by atoms with Gasteiger partial charge in [0.15, 0.2) is 0 Å². The molecular formula is C10H14N4O2. The molecule has 0 radical (unpaired) electrons. The number of nitrogens with zero attached hydrogens (tertiary/aromatic N) is 3. The van der Waals surface area contributed by atoms with Gasteiger partial charge in [0.1, 0.15) is 11.9 Å². The third kappa shape index (κ3) is 1.91. The first-order chi connectivity index (χ1) is 7.72.